The first-order valence-corrected chi connectivity index (χ1v) is 7.17. The second kappa shape index (κ2) is 5.69. The van der Waals surface area contributed by atoms with E-state index < -0.39 is 0 Å². The Morgan fingerprint density at radius 2 is 1.89 bits per heavy atom. The third kappa shape index (κ3) is 3.22. The summed E-state index contributed by atoms with van der Waals surface area (Å²) in [5.41, 5.74) is 4.32. The van der Waals surface area contributed by atoms with Crippen LogP contribution < -0.4 is 0 Å². The third-order valence-electron chi connectivity index (χ3n) is 4.21. The third-order valence-corrected chi connectivity index (χ3v) is 4.21. The summed E-state index contributed by atoms with van der Waals surface area (Å²) < 4.78 is 0. The van der Waals surface area contributed by atoms with Crippen LogP contribution in [0.5, 0.6) is 0 Å². The second-order valence-electron chi connectivity index (χ2n) is 6.03. The van der Waals surface area contributed by atoms with E-state index in [0.717, 1.165) is 32.1 Å². The summed E-state index contributed by atoms with van der Waals surface area (Å²) in [6.45, 7) is 6.69. The number of aryl methyl sites for hydroxylation is 1. The minimum atomic E-state index is 0.457. The molecule has 1 aromatic rings. The lowest BCUT2D eigenvalue weighted by molar-refractivity contribution is -0.120. The van der Waals surface area contributed by atoms with E-state index in [1.807, 2.05) is 0 Å². The van der Waals surface area contributed by atoms with Gasteiger partial charge in [0.25, 0.3) is 0 Å². The molecule has 0 atom stereocenters. The highest BCUT2D eigenvalue weighted by atomic mass is 16.1. The van der Waals surface area contributed by atoms with Crippen molar-refractivity contribution in [3.05, 3.63) is 34.9 Å². The summed E-state index contributed by atoms with van der Waals surface area (Å²) in [6, 6.07) is 6.86. The van der Waals surface area contributed by atoms with E-state index in [1.165, 1.54) is 16.7 Å². The van der Waals surface area contributed by atoms with Crippen molar-refractivity contribution >= 4 is 5.78 Å². The van der Waals surface area contributed by atoms with Gasteiger partial charge in [-0.25, -0.2) is 0 Å². The van der Waals surface area contributed by atoms with Gasteiger partial charge in [-0.2, -0.15) is 0 Å². The van der Waals surface area contributed by atoms with Crippen molar-refractivity contribution < 1.29 is 4.79 Å². The molecular weight excluding hydrogens is 220 g/mol. The zero-order chi connectivity index (χ0) is 13.1. The van der Waals surface area contributed by atoms with Gasteiger partial charge in [-0.1, -0.05) is 32.0 Å². The van der Waals surface area contributed by atoms with E-state index in [0.29, 0.717) is 17.6 Å². The molecule has 2 rings (SSSR count). The molecule has 0 saturated heterocycles. The SMILES string of the molecule is Cc1ccc(C(C)C)cc1CC1CCC(=O)CC1. The number of hydrogen-bond donors (Lipinski definition) is 0. The lowest BCUT2D eigenvalue weighted by Gasteiger charge is -2.22. The zero-order valence-corrected chi connectivity index (χ0v) is 11.8. The maximum atomic E-state index is 11.3. The Labute approximate surface area is 111 Å². The molecule has 0 amide bonds. The molecule has 0 radical (unpaired) electrons. The van der Waals surface area contributed by atoms with Crippen molar-refractivity contribution in [2.24, 2.45) is 5.92 Å². The highest BCUT2D eigenvalue weighted by Gasteiger charge is 2.19. The number of carbonyl (C=O) groups excluding carboxylic acids is 1. The largest absolute Gasteiger partial charge is 0.300 e. The van der Waals surface area contributed by atoms with Crippen LogP contribution in [0.15, 0.2) is 18.2 Å². The average molecular weight is 244 g/mol. The molecular formula is C17H24O. The number of carbonyl (C=O) groups is 1. The van der Waals surface area contributed by atoms with Gasteiger partial charge in [-0.05, 0) is 54.7 Å². The number of ketones is 1. The number of rotatable bonds is 3. The van der Waals surface area contributed by atoms with Crippen molar-refractivity contribution in [3.63, 3.8) is 0 Å². The van der Waals surface area contributed by atoms with E-state index in [1.54, 1.807) is 0 Å². The van der Waals surface area contributed by atoms with Crippen LogP contribution in [-0.2, 0) is 11.2 Å². The first-order chi connectivity index (χ1) is 8.56. The summed E-state index contributed by atoms with van der Waals surface area (Å²) in [5.74, 6) is 1.76. The minimum Gasteiger partial charge on any atom is -0.300 e. The molecule has 1 aliphatic carbocycles. The van der Waals surface area contributed by atoms with Gasteiger partial charge in [-0.15, -0.1) is 0 Å². The van der Waals surface area contributed by atoms with E-state index >= 15 is 0 Å². The Balaban J connectivity index is 2.08. The van der Waals surface area contributed by atoms with Crippen LogP contribution in [0.1, 0.15) is 62.1 Å². The van der Waals surface area contributed by atoms with Crippen molar-refractivity contribution in [3.8, 4) is 0 Å². The minimum absolute atomic E-state index is 0.457. The molecule has 1 fully saturated rings. The molecule has 18 heavy (non-hydrogen) atoms. The summed E-state index contributed by atoms with van der Waals surface area (Å²) in [4.78, 5) is 11.3. The Morgan fingerprint density at radius 3 is 2.50 bits per heavy atom. The molecule has 0 bridgehead atoms. The van der Waals surface area contributed by atoms with Crippen LogP contribution in [0.2, 0.25) is 0 Å². The standard InChI is InChI=1S/C17H24O/c1-12(2)15-7-4-13(3)16(11-15)10-14-5-8-17(18)9-6-14/h4,7,11-12,14H,5-6,8-10H2,1-3H3. The van der Waals surface area contributed by atoms with Gasteiger partial charge in [0.05, 0.1) is 0 Å². The van der Waals surface area contributed by atoms with Crippen LogP contribution >= 0.6 is 0 Å². The first kappa shape index (κ1) is 13.3. The van der Waals surface area contributed by atoms with Crippen LogP contribution in [-0.4, -0.2) is 5.78 Å². The van der Waals surface area contributed by atoms with Gasteiger partial charge in [0.1, 0.15) is 5.78 Å². The van der Waals surface area contributed by atoms with Crippen molar-refractivity contribution in [1.29, 1.82) is 0 Å². The molecule has 1 aromatic carbocycles. The van der Waals surface area contributed by atoms with Gasteiger partial charge >= 0.3 is 0 Å². The van der Waals surface area contributed by atoms with E-state index in [9.17, 15) is 4.79 Å². The Hall–Kier alpha value is -1.11. The molecule has 1 saturated carbocycles. The summed E-state index contributed by atoms with van der Waals surface area (Å²) >= 11 is 0. The summed E-state index contributed by atoms with van der Waals surface area (Å²) in [7, 11) is 0. The van der Waals surface area contributed by atoms with Gasteiger partial charge in [0, 0.05) is 12.8 Å². The Kier molecular flexibility index (Phi) is 4.21. The second-order valence-corrected chi connectivity index (χ2v) is 6.03. The van der Waals surface area contributed by atoms with E-state index in [2.05, 4.69) is 39.0 Å². The van der Waals surface area contributed by atoms with Crippen LogP contribution in [0.4, 0.5) is 0 Å². The maximum absolute atomic E-state index is 11.3. The molecule has 98 valence electrons. The number of hydrogen-bond acceptors (Lipinski definition) is 1. The predicted molar refractivity (Wildman–Crippen MR) is 75.9 cm³/mol. The molecule has 1 aliphatic rings. The lowest BCUT2D eigenvalue weighted by atomic mass is 9.82. The smallest absolute Gasteiger partial charge is 0.132 e. The van der Waals surface area contributed by atoms with E-state index in [4.69, 9.17) is 0 Å². The molecule has 0 spiro atoms. The molecule has 0 heterocycles. The maximum Gasteiger partial charge on any atom is 0.132 e. The summed E-state index contributed by atoms with van der Waals surface area (Å²) in [6.07, 6.45) is 4.93. The molecule has 1 heteroatoms. The lowest BCUT2D eigenvalue weighted by Crippen LogP contribution is -2.16. The first-order valence-electron chi connectivity index (χ1n) is 7.17. The van der Waals surface area contributed by atoms with Gasteiger partial charge in [0.15, 0.2) is 0 Å². The van der Waals surface area contributed by atoms with Crippen LogP contribution in [0, 0.1) is 12.8 Å². The highest BCUT2D eigenvalue weighted by Crippen LogP contribution is 2.27. The summed E-state index contributed by atoms with van der Waals surface area (Å²) in [5, 5.41) is 0. The van der Waals surface area contributed by atoms with Crippen LogP contribution in [0.3, 0.4) is 0 Å². The van der Waals surface area contributed by atoms with Gasteiger partial charge < -0.3 is 0 Å². The molecule has 0 aromatic heterocycles. The van der Waals surface area contributed by atoms with Crippen molar-refractivity contribution in [2.45, 2.75) is 58.8 Å². The monoisotopic (exact) mass is 244 g/mol. The molecule has 0 aliphatic heterocycles. The molecule has 0 N–H and O–H groups in total. The Bertz CT molecular complexity index is 421. The number of benzene rings is 1. The van der Waals surface area contributed by atoms with Crippen molar-refractivity contribution in [2.75, 3.05) is 0 Å². The Morgan fingerprint density at radius 1 is 1.22 bits per heavy atom. The average Bonchev–Trinajstić information content (AvgIpc) is 2.34. The van der Waals surface area contributed by atoms with Crippen LogP contribution in [0.25, 0.3) is 0 Å². The molecule has 1 nitrogen and oxygen atoms in total. The predicted octanol–water partition coefficient (Wildman–Crippen LogP) is 4.42. The molecule has 0 unspecified atom stereocenters. The fraction of sp³-hybridized carbons (Fsp3) is 0.588. The van der Waals surface area contributed by atoms with Crippen molar-refractivity contribution in [1.82, 2.24) is 0 Å². The van der Waals surface area contributed by atoms with Gasteiger partial charge in [-0.3, -0.25) is 4.79 Å². The topological polar surface area (TPSA) is 17.1 Å². The normalized spacial score (nSPS) is 17.4. The van der Waals surface area contributed by atoms with Gasteiger partial charge in [0.2, 0.25) is 0 Å². The fourth-order valence-electron chi connectivity index (χ4n) is 2.79. The van der Waals surface area contributed by atoms with E-state index in [-0.39, 0.29) is 0 Å². The number of Topliss-reactive ketones (excluding diaryl/α,β-unsaturated/α-hetero) is 1. The zero-order valence-electron chi connectivity index (χ0n) is 11.8. The highest BCUT2D eigenvalue weighted by molar-refractivity contribution is 5.79. The fourth-order valence-corrected chi connectivity index (χ4v) is 2.79. The quantitative estimate of drug-likeness (QED) is 0.769.